The number of terminal acetylenes is 1. The second kappa shape index (κ2) is 6.03. The number of carbonyl (C=O) groups is 1. The van der Waals surface area contributed by atoms with Crippen molar-refractivity contribution in [2.75, 3.05) is 31.1 Å². The molecule has 1 atom stereocenters. The molecule has 1 aliphatic heterocycles. The Bertz CT molecular complexity index is 411. The first-order valence-corrected chi connectivity index (χ1v) is 7.46. The largest absolute Gasteiger partial charge is 0.338 e. The molecular weight excluding hydrogens is 240 g/mol. The second-order valence-corrected chi connectivity index (χ2v) is 6.27. The van der Waals surface area contributed by atoms with Crippen molar-refractivity contribution in [3.05, 3.63) is 0 Å². The summed E-state index contributed by atoms with van der Waals surface area (Å²) in [5.41, 5.74) is 0. The maximum atomic E-state index is 11.8. The van der Waals surface area contributed by atoms with Gasteiger partial charge >= 0.3 is 0 Å². The van der Waals surface area contributed by atoms with E-state index in [-0.39, 0.29) is 30.0 Å². The summed E-state index contributed by atoms with van der Waals surface area (Å²) in [7, 11) is -2.96. The van der Waals surface area contributed by atoms with E-state index < -0.39 is 9.84 Å². The molecule has 1 amide bonds. The maximum absolute atomic E-state index is 11.8. The molecular formula is C11H18N2O3S. The fourth-order valence-electron chi connectivity index (χ4n) is 2.00. The number of likely N-dealkylation sites (N-methyl/N-ethyl adjacent to an activating group) is 1. The molecule has 1 rings (SSSR count). The van der Waals surface area contributed by atoms with Crippen LogP contribution in [0.3, 0.4) is 0 Å². The Kier molecular flexibility index (Phi) is 4.97. The van der Waals surface area contributed by atoms with E-state index >= 15 is 0 Å². The van der Waals surface area contributed by atoms with Crippen molar-refractivity contribution in [1.82, 2.24) is 10.2 Å². The van der Waals surface area contributed by atoms with Gasteiger partial charge in [-0.1, -0.05) is 5.92 Å². The third-order valence-electron chi connectivity index (χ3n) is 2.81. The van der Waals surface area contributed by atoms with Gasteiger partial charge in [0, 0.05) is 12.6 Å². The summed E-state index contributed by atoms with van der Waals surface area (Å²) >= 11 is 0. The monoisotopic (exact) mass is 258 g/mol. The summed E-state index contributed by atoms with van der Waals surface area (Å²) in [4.78, 5) is 13.5. The molecule has 0 saturated carbocycles. The van der Waals surface area contributed by atoms with Gasteiger partial charge in [0.1, 0.15) is 0 Å². The lowest BCUT2D eigenvalue weighted by molar-refractivity contribution is -0.131. The van der Waals surface area contributed by atoms with Crippen LogP contribution in [-0.4, -0.2) is 56.4 Å². The molecule has 0 aromatic carbocycles. The van der Waals surface area contributed by atoms with Crippen LogP contribution in [0.5, 0.6) is 0 Å². The molecule has 1 unspecified atom stereocenters. The van der Waals surface area contributed by atoms with E-state index in [9.17, 15) is 13.2 Å². The number of amides is 1. The fraction of sp³-hybridized carbons (Fsp3) is 0.727. The van der Waals surface area contributed by atoms with Crippen molar-refractivity contribution in [2.45, 2.75) is 19.4 Å². The SMILES string of the molecule is C#CCNCC(=O)N(CC)C1CCS(=O)(=O)C1. The van der Waals surface area contributed by atoms with E-state index in [1.807, 2.05) is 6.92 Å². The van der Waals surface area contributed by atoms with Crippen molar-refractivity contribution in [3.8, 4) is 12.3 Å². The van der Waals surface area contributed by atoms with Gasteiger partial charge in [-0.05, 0) is 13.3 Å². The van der Waals surface area contributed by atoms with Crippen LogP contribution in [-0.2, 0) is 14.6 Å². The van der Waals surface area contributed by atoms with E-state index in [1.54, 1.807) is 4.90 Å². The molecule has 1 aliphatic rings. The minimum atomic E-state index is -2.96. The van der Waals surface area contributed by atoms with Crippen LogP contribution in [0.15, 0.2) is 0 Å². The van der Waals surface area contributed by atoms with Crippen LogP contribution in [0, 0.1) is 12.3 Å². The molecule has 1 N–H and O–H groups in total. The quantitative estimate of drug-likeness (QED) is 0.520. The van der Waals surface area contributed by atoms with Crippen LogP contribution in [0.2, 0.25) is 0 Å². The predicted molar refractivity (Wildman–Crippen MR) is 66.1 cm³/mol. The van der Waals surface area contributed by atoms with Gasteiger partial charge in [0.05, 0.1) is 24.6 Å². The maximum Gasteiger partial charge on any atom is 0.236 e. The second-order valence-electron chi connectivity index (χ2n) is 4.04. The molecule has 0 radical (unpaired) electrons. The van der Waals surface area contributed by atoms with Gasteiger partial charge in [-0.25, -0.2) is 8.42 Å². The summed E-state index contributed by atoms with van der Waals surface area (Å²) in [5.74, 6) is 2.56. The first-order chi connectivity index (χ1) is 8.00. The Balaban J connectivity index is 2.54. The summed E-state index contributed by atoms with van der Waals surface area (Å²) in [5, 5.41) is 2.82. The minimum absolute atomic E-state index is 0.0850. The lowest BCUT2D eigenvalue weighted by atomic mass is 10.2. The highest BCUT2D eigenvalue weighted by atomic mass is 32.2. The number of sulfone groups is 1. The van der Waals surface area contributed by atoms with E-state index in [1.165, 1.54) is 0 Å². The van der Waals surface area contributed by atoms with Crippen LogP contribution in [0.1, 0.15) is 13.3 Å². The zero-order valence-corrected chi connectivity index (χ0v) is 10.8. The molecule has 1 saturated heterocycles. The van der Waals surface area contributed by atoms with E-state index in [0.29, 0.717) is 19.5 Å². The molecule has 0 aromatic rings. The smallest absolute Gasteiger partial charge is 0.236 e. The van der Waals surface area contributed by atoms with Crippen LogP contribution >= 0.6 is 0 Å². The molecule has 5 nitrogen and oxygen atoms in total. The molecule has 0 aliphatic carbocycles. The molecule has 96 valence electrons. The average molecular weight is 258 g/mol. The van der Waals surface area contributed by atoms with Crippen LogP contribution in [0.4, 0.5) is 0 Å². The van der Waals surface area contributed by atoms with Crippen molar-refractivity contribution in [3.63, 3.8) is 0 Å². The summed E-state index contributed by atoms with van der Waals surface area (Å²) in [6.07, 6.45) is 5.60. The Labute approximate surface area is 102 Å². The lowest BCUT2D eigenvalue weighted by Gasteiger charge is -2.26. The van der Waals surface area contributed by atoms with Gasteiger partial charge in [-0.15, -0.1) is 6.42 Å². The number of rotatable bonds is 5. The van der Waals surface area contributed by atoms with Crippen molar-refractivity contribution in [2.24, 2.45) is 0 Å². The summed E-state index contributed by atoms with van der Waals surface area (Å²) in [6, 6.07) is -0.176. The third-order valence-corrected chi connectivity index (χ3v) is 4.56. The molecule has 6 heteroatoms. The number of nitrogens with zero attached hydrogens (tertiary/aromatic N) is 1. The Hall–Kier alpha value is -1.06. The predicted octanol–water partition coefficient (Wildman–Crippen LogP) is -0.755. The number of hydrogen-bond acceptors (Lipinski definition) is 4. The Morgan fingerprint density at radius 3 is 2.76 bits per heavy atom. The molecule has 1 heterocycles. The molecule has 1 fully saturated rings. The van der Waals surface area contributed by atoms with Crippen molar-refractivity contribution < 1.29 is 13.2 Å². The number of carbonyl (C=O) groups excluding carboxylic acids is 1. The first-order valence-electron chi connectivity index (χ1n) is 5.64. The van der Waals surface area contributed by atoms with Gasteiger partial charge in [0.2, 0.25) is 5.91 Å². The molecule has 17 heavy (non-hydrogen) atoms. The van der Waals surface area contributed by atoms with Crippen molar-refractivity contribution >= 4 is 15.7 Å². The standard InChI is InChI=1S/C11H18N2O3S/c1-3-6-12-8-11(14)13(4-2)10-5-7-17(15,16)9-10/h1,10,12H,4-9H2,2H3. The Morgan fingerprint density at radius 2 is 2.29 bits per heavy atom. The van der Waals surface area contributed by atoms with E-state index in [4.69, 9.17) is 6.42 Å². The highest BCUT2D eigenvalue weighted by molar-refractivity contribution is 7.91. The van der Waals surface area contributed by atoms with Crippen LogP contribution < -0.4 is 5.32 Å². The van der Waals surface area contributed by atoms with Gasteiger partial charge in [-0.3, -0.25) is 10.1 Å². The van der Waals surface area contributed by atoms with Crippen molar-refractivity contribution in [1.29, 1.82) is 0 Å². The molecule has 0 spiro atoms. The van der Waals surface area contributed by atoms with Gasteiger partial charge in [0.15, 0.2) is 9.84 Å². The van der Waals surface area contributed by atoms with E-state index in [2.05, 4.69) is 11.2 Å². The normalized spacial score (nSPS) is 22.0. The topological polar surface area (TPSA) is 66.5 Å². The summed E-state index contributed by atoms with van der Waals surface area (Å²) < 4.78 is 22.7. The zero-order chi connectivity index (χ0) is 12.9. The Morgan fingerprint density at radius 1 is 1.59 bits per heavy atom. The zero-order valence-electron chi connectivity index (χ0n) is 9.98. The number of nitrogens with one attached hydrogen (secondary N) is 1. The third kappa shape index (κ3) is 4.02. The highest BCUT2D eigenvalue weighted by Crippen LogP contribution is 2.17. The summed E-state index contributed by atoms with van der Waals surface area (Å²) in [6.45, 7) is 2.88. The number of hydrogen-bond donors (Lipinski definition) is 1. The van der Waals surface area contributed by atoms with Gasteiger partial charge < -0.3 is 4.90 Å². The highest BCUT2D eigenvalue weighted by Gasteiger charge is 2.33. The van der Waals surface area contributed by atoms with Crippen LogP contribution in [0.25, 0.3) is 0 Å². The van der Waals surface area contributed by atoms with Gasteiger partial charge in [-0.2, -0.15) is 0 Å². The first kappa shape index (κ1) is 14.0. The fourth-order valence-corrected chi connectivity index (χ4v) is 3.73. The van der Waals surface area contributed by atoms with Gasteiger partial charge in [0.25, 0.3) is 0 Å². The minimum Gasteiger partial charge on any atom is -0.338 e. The lowest BCUT2D eigenvalue weighted by Crippen LogP contribution is -2.45. The molecule has 0 bridgehead atoms. The molecule has 0 aromatic heterocycles. The average Bonchev–Trinajstić information content (AvgIpc) is 2.60. The van der Waals surface area contributed by atoms with E-state index in [0.717, 1.165) is 0 Å².